The molecule has 0 amide bonds. The smallest absolute Gasteiger partial charge is 0.200 e. The lowest BCUT2D eigenvalue weighted by atomic mass is 9.85. The topological polar surface area (TPSA) is 3.88 Å². The molecule has 0 fully saturated rings. The number of hydrogen-bond donors (Lipinski definition) is 0. The zero-order valence-corrected chi connectivity index (χ0v) is 19.9. The zero-order valence-electron chi connectivity index (χ0n) is 19.9. The Bertz CT molecular complexity index is 1160. The van der Waals surface area contributed by atoms with Crippen LogP contribution in [0.25, 0.3) is 22.4 Å². The van der Waals surface area contributed by atoms with Crippen molar-refractivity contribution in [3.63, 3.8) is 0 Å². The Morgan fingerprint density at radius 3 is 2.27 bits per heavy atom. The standard InChI is InChI=1S/C29H36N/c1-17(2)11-21-12-22-9-10-30(8)29-27(16-24(13-21)28(22)29)26-15-23(18(3)4)14-25(19(5)6)20(26)7/h9-10,12-19H,11H2,1-8H3/q+1. The van der Waals surface area contributed by atoms with E-state index in [1.54, 1.807) is 0 Å². The van der Waals surface area contributed by atoms with Crippen molar-refractivity contribution in [2.45, 2.75) is 66.7 Å². The molecule has 1 aromatic heterocycles. The number of pyridine rings is 1. The van der Waals surface area contributed by atoms with E-state index in [4.69, 9.17) is 0 Å². The second-order valence-electron chi connectivity index (χ2n) is 10.2. The molecule has 30 heavy (non-hydrogen) atoms. The van der Waals surface area contributed by atoms with Crippen LogP contribution < -0.4 is 4.57 Å². The van der Waals surface area contributed by atoms with E-state index in [1.807, 2.05) is 0 Å². The molecule has 3 aromatic rings. The van der Waals surface area contributed by atoms with Crippen LogP contribution in [0.3, 0.4) is 0 Å². The molecule has 1 nitrogen and oxygen atoms in total. The van der Waals surface area contributed by atoms with E-state index in [1.165, 1.54) is 55.4 Å². The van der Waals surface area contributed by atoms with Gasteiger partial charge in [-0.05, 0) is 75.9 Å². The van der Waals surface area contributed by atoms with Gasteiger partial charge in [-0.3, -0.25) is 0 Å². The van der Waals surface area contributed by atoms with Gasteiger partial charge in [0.1, 0.15) is 7.05 Å². The summed E-state index contributed by atoms with van der Waals surface area (Å²) in [4.78, 5) is 0. The van der Waals surface area contributed by atoms with Gasteiger partial charge in [-0.15, -0.1) is 0 Å². The van der Waals surface area contributed by atoms with Gasteiger partial charge in [0, 0.05) is 6.07 Å². The monoisotopic (exact) mass is 398 g/mol. The molecule has 1 heterocycles. The van der Waals surface area contributed by atoms with Crippen LogP contribution in [0.5, 0.6) is 0 Å². The largest absolute Gasteiger partial charge is 0.221 e. The summed E-state index contributed by atoms with van der Waals surface area (Å²) in [6.45, 7) is 16.1. The van der Waals surface area contributed by atoms with E-state index in [0.29, 0.717) is 17.8 Å². The first kappa shape index (κ1) is 20.8. The first-order valence-corrected chi connectivity index (χ1v) is 11.5. The summed E-state index contributed by atoms with van der Waals surface area (Å²) in [6, 6.07) is 12.0. The molecular formula is C29H36N+. The van der Waals surface area contributed by atoms with Crippen LogP contribution in [0, 0.1) is 12.8 Å². The second kappa shape index (κ2) is 7.69. The van der Waals surface area contributed by atoms with Crippen LogP contribution in [0.4, 0.5) is 0 Å². The molecule has 0 aliphatic heterocycles. The van der Waals surface area contributed by atoms with Crippen molar-refractivity contribution >= 4 is 22.4 Å². The molecule has 1 aliphatic carbocycles. The highest BCUT2D eigenvalue weighted by atomic mass is 14.9. The number of aromatic nitrogens is 1. The van der Waals surface area contributed by atoms with Crippen LogP contribution in [0.15, 0.2) is 36.5 Å². The van der Waals surface area contributed by atoms with Crippen molar-refractivity contribution in [2.24, 2.45) is 13.0 Å². The summed E-state index contributed by atoms with van der Waals surface area (Å²) < 4.78 is 2.31. The summed E-state index contributed by atoms with van der Waals surface area (Å²) >= 11 is 0. The number of benzene rings is 2. The normalized spacial score (nSPS) is 13.2. The van der Waals surface area contributed by atoms with Gasteiger partial charge in [-0.25, -0.2) is 4.57 Å². The van der Waals surface area contributed by atoms with Gasteiger partial charge in [-0.1, -0.05) is 65.8 Å². The van der Waals surface area contributed by atoms with Crippen molar-refractivity contribution in [2.75, 3.05) is 0 Å². The Morgan fingerprint density at radius 2 is 1.63 bits per heavy atom. The lowest BCUT2D eigenvalue weighted by Crippen LogP contribution is -2.32. The van der Waals surface area contributed by atoms with Crippen LogP contribution >= 0.6 is 0 Å². The minimum atomic E-state index is 0.522. The average Bonchev–Trinajstić information content (AvgIpc) is 3.04. The average molecular weight is 399 g/mol. The third-order valence-electron chi connectivity index (χ3n) is 6.57. The molecule has 0 bridgehead atoms. The van der Waals surface area contributed by atoms with Crippen molar-refractivity contribution in [3.8, 4) is 0 Å². The fourth-order valence-electron chi connectivity index (χ4n) is 5.03. The summed E-state index contributed by atoms with van der Waals surface area (Å²) in [5, 5.41) is 2.77. The second-order valence-corrected chi connectivity index (χ2v) is 10.2. The molecule has 1 heteroatoms. The fourth-order valence-corrected chi connectivity index (χ4v) is 5.03. The van der Waals surface area contributed by atoms with Gasteiger partial charge in [0.25, 0.3) is 0 Å². The number of nitrogens with zero attached hydrogens (tertiary/aromatic N) is 1. The summed E-state index contributed by atoms with van der Waals surface area (Å²) in [7, 11) is 2.19. The maximum Gasteiger partial charge on any atom is 0.221 e. The van der Waals surface area contributed by atoms with Crippen molar-refractivity contribution in [3.05, 3.63) is 75.6 Å². The van der Waals surface area contributed by atoms with Crippen LogP contribution in [0.1, 0.15) is 92.5 Å². The SMILES string of the molecule is Cc1c(C2=Cc3cc(CC(C)C)cc4cc[n+](C)c2c34)cc(C(C)C)cc1C(C)C. The van der Waals surface area contributed by atoms with Gasteiger partial charge in [0.2, 0.25) is 5.69 Å². The summed E-state index contributed by atoms with van der Waals surface area (Å²) in [5.41, 5.74) is 11.3. The molecule has 2 aromatic carbocycles. The van der Waals surface area contributed by atoms with Gasteiger partial charge < -0.3 is 0 Å². The molecule has 1 aliphatic rings. The van der Waals surface area contributed by atoms with E-state index >= 15 is 0 Å². The maximum atomic E-state index is 2.44. The molecule has 156 valence electrons. The Kier molecular flexibility index (Phi) is 5.34. The predicted molar refractivity (Wildman–Crippen MR) is 130 cm³/mol. The third-order valence-corrected chi connectivity index (χ3v) is 6.57. The van der Waals surface area contributed by atoms with E-state index in [0.717, 1.165) is 6.42 Å². The summed E-state index contributed by atoms with van der Waals surface area (Å²) in [6.07, 6.45) is 5.80. The van der Waals surface area contributed by atoms with Gasteiger partial charge >= 0.3 is 0 Å². The van der Waals surface area contributed by atoms with Gasteiger partial charge in [0.15, 0.2) is 6.20 Å². The molecule has 0 unspecified atom stereocenters. The van der Waals surface area contributed by atoms with Gasteiger partial charge in [-0.2, -0.15) is 0 Å². The Morgan fingerprint density at radius 1 is 0.900 bits per heavy atom. The number of hydrogen-bond acceptors (Lipinski definition) is 0. The van der Waals surface area contributed by atoms with Crippen molar-refractivity contribution < 1.29 is 4.57 Å². The van der Waals surface area contributed by atoms with Crippen LogP contribution in [-0.4, -0.2) is 0 Å². The van der Waals surface area contributed by atoms with Gasteiger partial charge in [0.05, 0.1) is 11.0 Å². The van der Waals surface area contributed by atoms with Crippen molar-refractivity contribution in [1.82, 2.24) is 0 Å². The maximum absolute atomic E-state index is 2.44. The quantitative estimate of drug-likeness (QED) is 0.310. The molecule has 0 atom stereocenters. The van der Waals surface area contributed by atoms with E-state index in [2.05, 4.69) is 103 Å². The molecular weight excluding hydrogens is 362 g/mol. The van der Waals surface area contributed by atoms with E-state index in [-0.39, 0.29) is 0 Å². The zero-order chi connectivity index (χ0) is 21.7. The first-order chi connectivity index (χ1) is 14.2. The molecule has 0 radical (unpaired) electrons. The Balaban J connectivity index is 1.99. The lowest BCUT2D eigenvalue weighted by molar-refractivity contribution is -0.672. The molecule has 0 N–H and O–H groups in total. The highest BCUT2D eigenvalue weighted by Crippen LogP contribution is 2.41. The van der Waals surface area contributed by atoms with Crippen LogP contribution in [0.2, 0.25) is 0 Å². The molecule has 0 spiro atoms. The fraction of sp³-hybridized carbons (Fsp3) is 0.414. The Labute approximate surface area is 182 Å². The molecule has 4 rings (SSSR count). The number of rotatable bonds is 5. The lowest BCUT2D eigenvalue weighted by Gasteiger charge is -2.19. The highest BCUT2D eigenvalue weighted by Gasteiger charge is 2.29. The molecule has 0 saturated heterocycles. The first-order valence-electron chi connectivity index (χ1n) is 11.5. The minimum Gasteiger partial charge on any atom is -0.200 e. The highest BCUT2D eigenvalue weighted by molar-refractivity contribution is 6.11. The van der Waals surface area contributed by atoms with E-state index in [9.17, 15) is 0 Å². The minimum absolute atomic E-state index is 0.522. The van der Waals surface area contributed by atoms with Crippen LogP contribution in [-0.2, 0) is 13.5 Å². The van der Waals surface area contributed by atoms with Crippen molar-refractivity contribution in [1.29, 1.82) is 0 Å². The predicted octanol–water partition coefficient (Wildman–Crippen LogP) is 7.32. The third kappa shape index (κ3) is 3.49. The number of aryl methyl sites for hydroxylation is 1. The van der Waals surface area contributed by atoms with E-state index < -0.39 is 0 Å². The molecule has 0 saturated carbocycles. The Hall–Kier alpha value is -2.41. The summed E-state index contributed by atoms with van der Waals surface area (Å²) in [5.74, 6) is 1.71.